The fourth-order valence-electron chi connectivity index (χ4n) is 2.74. The van der Waals surface area contributed by atoms with Crippen molar-refractivity contribution < 1.29 is 4.74 Å². The van der Waals surface area contributed by atoms with Gasteiger partial charge in [-0.15, -0.1) is 0 Å². The highest BCUT2D eigenvalue weighted by Crippen LogP contribution is 2.44. The van der Waals surface area contributed by atoms with Crippen LogP contribution < -0.4 is 15.4 Å². The van der Waals surface area contributed by atoms with Crippen LogP contribution in [-0.2, 0) is 0 Å². The smallest absolute Gasteiger partial charge is 0.144 e. The minimum atomic E-state index is 0.352. The summed E-state index contributed by atoms with van der Waals surface area (Å²) in [4.78, 5) is 0. The van der Waals surface area contributed by atoms with Gasteiger partial charge in [0.05, 0.1) is 12.8 Å². The Morgan fingerprint density at radius 2 is 2.12 bits per heavy atom. The van der Waals surface area contributed by atoms with E-state index >= 15 is 0 Å². The molecule has 0 atom stereocenters. The van der Waals surface area contributed by atoms with E-state index in [1.807, 2.05) is 12.1 Å². The number of hydrogen-bond donors (Lipinski definition) is 2. The number of rotatable bonds is 1. The normalized spacial score (nSPS) is 21.1. The number of anilines is 2. The van der Waals surface area contributed by atoms with Crippen LogP contribution >= 0.6 is 0 Å². The Hall–Kier alpha value is -1.38. The van der Waals surface area contributed by atoms with Crippen molar-refractivity contribution in [3.05, 3.63) is 18.2 Å². The van der Waals surface area contributed by atoms with Crippen molar-refractivity contribution in [2.24, 2.45) is 0 Å². The third-order valence-corrected chi connectivity index (χ3v) is 3.86. The zero-order valence-corrected chi connectivity index (χ0v) is 9.68. The summed E-state index contributed by atoms with van der Waals surface area (Å²) in [5.41, 5.74) is 2.66. The summed E-state index contributed by atoms with van der Waals surface area (Å²) in [6.45, 7) is 1.03. The van der Waals surface area contributed by atoms with E-state index in [0.29, 0.717) is 5.54 Å². The molecular weight excluding hydrogens is 200 g/mol. The van der Waals surface area contributed by atoms with Crippen molar-refractivity contribution in [2.75, 3.05) is 24.3 Å². The summed E-state index contributed by atoms with van der Waals surface area (Å²) >= 11 is 0. The molecule has 2 aliphatic rings. The van der Waals surface area contributed by atoms with Crippen LogP contribution in [0.25, 0.3) is 0 Å². The summed E-state index contributed by atoms with van der Waals surface area (Å²) < 4.78 is 5.39. The molecule has 0 unspecified atom stereocenters. The molecule has 1 fully saturated rings. The molecule has 1 saturated carbocycles. The minimum Gasteiger partial charge on any atom is -0.495 e. The van der Waals surface area contributed by atoms with E-state index in [9.17, 15) is 0 Å². The minimum absolute atomic E-state index is 0.352. The van der Waals surface area contributed by atoms with Crippen LogP contribution in [0.1, 0.15) is 25.7 Å². The number of hydrogen-bond acceptors (Lipinski definition) is 3. The summed E-state index contributed by atoms with van der Waals surface area (Å²) in [5.74, 6) is 0.932. The second-order valence-electron chi connectivity index (χ2n) is 4.82. The fraction of sp³-hybridized carbons (Fsp3) is 0.538. The van der Waals surface area contributed by atoms with Crippen molar-refractivity contribution >= 4 is 11.4 Å². The zero-order valence-electron chi connectivity index (χ0n) is 9.68. The van der Waals surface area contributed by atoms with E-state index in [0.717, 1.165) is 18.0 Å². The van der Waals surface area contributed by atoms with Crippen molar-refractivity contribution in [2.45, 2.75) is 31.2 Å². The molecule has 0 amide bonds. The van der Waals surface area contributed by atoms with Crippen molar-refractivity contribution in [3.63, 3.8) is 0 Å². The quantitative estimate of drug-likeness (QED) is 0.760. The lowest BCUT2D eigenvalue weighted by Gasteiger charge is -2.42. The number of fused-ring (bicyclic) bond motifs is 1. The van der Waals surface area contributed by atoms with Crippen LogP contribution in [0.4, 0.5) is 11.4 Å². The molecule has 16 heavy (non-hydrogen) atoms. The predicted octanol–water partition coefficient (Wildman–Crippen LogP) is 2.85. The maximum absolute atomic E-state index is 5.39. The van der Waals surface area contributed by atoms with Gasteiger partial charge < -0.3 is 15.4 Å². The van der Waals surface area contributed by atoms with E-state index in [-0.39, 0.29) is 0 Å². The van der Waals surface area contributed by atoms with Gasteiger partial charge in [-0.1, -0.05) is 6.07 Å². The molecule has 1 aliphatic carbocycles. The van der Waals surface area contributed by atoms with Gasteiger partial charge in [-0.05, 0) is 37.8 Å². The van der Waals surface area contributed by atoms with E-state index < -0.39 is 0 Å². The van der Waals surface area contributed by atoms with Gasteiger partial charge in [0.2, 0.25) is 0 Å². The van der Waals surface area contributed by atoms with Crippen molar-refractivity contribution in [3.8, 4) is 5.75 Å². The number of para-hydroxylation sites is 1. The van der Waals surface area contributed by atoms with E-state index in [2.05, 4.69) is 16.7 Å². The van der Waals surface area contributed by atoms with Crippen LogP contribution in [0.5, 0.6) is 5.75 Å². The van der Waals surface area contributed by atoms with Gasteiger partial charge in [0.1, 0.15) is 11.4 Å². The molecule has 3 nitrogen and oxygen atoms in total. The van der Waals surface area contributed by atoms with Crippen LogP contribution in [0, 0.1) is 0 Å². The van der Waals surface area contributed by atoms with Gasteiger partial charge in [-0.3, -0.25) is 0 Å². The molecule has 3 rings (SSSR count). The van der Waals surface area contributed by atoms with Gasteiger partial charge in [0, 0.05) is 12.1 Å². The van der Waals surface area contributed by atoms with Crippen LogP contribution in [0.2, 0.25) is 0 Å². The third kappa shape index (κ3) is 1.42. The molecule has 1 aromatic rings. The van der Waals surface area contributed by atoms with Crippen molar-refractivity contribution in [1.29, 1.82) is 0 Å². The maximum atomic E-state index is 5.39. The van der Waals surface area contributed by atoms with Gasteiger partial charge in [0.25, 0.3) is 0 Å². The second-order valence-corrected chi connectivity index (χ2v) is 4.82. The Bertz CT molecular complexity index is 399. The number of benzene rings is 1. The Labute approximate surface area is 96.2 Å². The van der Waals surface area contributed by atoms with Crippen LogP contribution in [0.3, 0.4) is 0 Å². The maximum Gasteiger partial charge on any atom is 0.144 e. The van der Waals surface area contributed by atoms with E-state index in [1.54, 1.807) is 7.11 Å². The summed E-state index contributed by atoms with van der Waals surface area (Å²) in [6.07, 6.45) is 5.15. The van der Waals surface area contributed by atoms with Gasteiger partial charge in [-0.25, -0.2) is 0 Å². The Morgan fingerprint density at radius 1 is 1.25 bits per heavy atom. The molecule has 1 aromatic carbocycles. The number of methoxy groups -OCH3 is 1. The summed E-state index contributed by atoms with van der Waals surface area (Å²) in [6, 6.07) is 6.19. The van der Waals surface area contributed by atoms with Gasteiger partial charge in [-0.2, -0.15) is 0 Å². The molecule has 1 spiro atoms. The Kier molecular flexibility index (Phi) is 2.20. The first-order chi connectivity index (χ1) is 7.83. The standard InChI is InChI=1S/C13H18N2O/c1-16-11-5-2-4-10-12(11)14-9-8-13(15-10)6-3-7-13/h2,4-5,14-15H,3,6-9H2,1H3. The monoisotopic (exact) mass is 218 g/mol. The molecule has 2 N–H and O–H groups in total. The van der Waals surface area contributed by atoms with Gasteiger partial charge in [0.15, 0.2) is 0 Å². The molecule has 0 saturated heterocycles. The summed E-state index contributed by atoms with van der Waals surface area (Å²) in [7, 11) is 1.72. The molecule has 0 aromatic heterocycles. The van der Waals surface area contributed by atoms with Crippen LogP contribution in [0.15, 0.2) is 18.2 Å². The molecule has 86 valence electrons. The zero-order chi connectivity index (χ0) is 11.0. The first kappa shape index (κ1) is 9.82. The average molecular weight is 218 g/mol. The van der Waals surface area contributed by atoms with E-state index in [1.165, 1.54) is 31.4 Å². The Balaban J connectivity index is 1.97. The van der Waals surface area contributed by atoms with E-state index in [4.69, 9.17) is 4.74 Å². The lowest BCUT2D eigenvalue weighted by molar-refractivity contribution is 0.268. The highest BCUT2D eigenvalue weighted by atomic mass is 16.5. The second kappa shape index (κ2) is 3.58. The fourth-order valence-corrected chi connectivity index (χ4v) is 2.74. The average Bonchev–Trinajstić information content (AvgIpc) is 2.46. The third-order valence-electron chi connectivity index (χ3n) is 3.86. The molecule has 1 aliphatic heterocycles. The molecule has 3 heteroatoms. The topological polar surface area (TPSA) is 33.3 Å². The summed E-state index contributed by atoms with van der Waals surface area (Å²) in [5, 5.41) is 7.19. The SMILES string of the molecule is COc1cccc2c1NCCC1(CCC1)N2. The molecule has 1 heterocycles. The lowest BCUT2D eigenvalue weighted by atomic mass is 9.74. The number of nitrogens with one attached hydrogen (secondary N) is 2. The first-order valence-electron chi connectivity index (χ1n) is 6.02. The molecular formula is C13H18N2O. The highest BCUT2D eigenvalue weighted by Gasteiger charge is 2.38. The molecule has 0 radical (unpaired) electrons. The highest BCUT2D eigenvalue weighted by molar-refractivity contribution is 5.77. The lowest BCUT2D eigenvalue weighted by Crippen LogP contribution is -2.45. The number of ether oxygens (including phenoxy) is 1. The largest absolute Gasteiger partial charge is 0.495 e. The van der Waals surface area contributed by atoms with Crippen molar-refractivity contribution in [1.82, 2.24) is 0 Å². The molecule has 0 bridgehead atoms. The first-order valence-corrected chi connectivity index (χ1v) is 6.02. The predicted molar refractivity (Wildman–Crippen MR) is 66.3 cm³/mol. The van der Waals surface area contributed by atoms with Crippen LogP contribution in [-0.4, -0.2) is 19.2 Å². The Morgan fingerprint density at radius 3 is 2.81 bits per heavy atom. The van der Waals surface area contributed by atoms with Gasteiger partial charge >= 0.3 is 0 Å².